The molecule has 0 aliphatic heterocycles. The number of guanidine groups is 1. The summed E-state index contributed by atoms with van der Waals surface area (Å²) in [5.41, 5.74) is 1.09. The van der Waals surface area contributed by atoms with E-state index in [1.165, 1.54) is 6.26 Å². The molecule has 0 fully saturated rings. The molecule has 0 heterocycles. The minimum atomic E-state index is -3.13. The Kier molecular flexibility index (Phi) is 12.9. The van der Waals surface area contributed by atoms with Crippen molar-refractivity contribution in [3.05, 3.63) is 29.8 Å². The Morgan fingerprint density at radius 2 is 1.84 bits per heavy atom. The SMILES string of the molecule is CCNC(=NCCCOCC)NCCc1ccc(S(C)(=O)=O)cc1.I. The van der Waals surface area contributed by atoms with Gasteiger partial charge in [-0.15, -0.1) is 24.0 Å². The fourth-order valence-electron chi connectivity index (χ4n) is 2.07. The molecule has 0 aliphatic carbocycles. The van der Waals surface area contributed by atoms with E-state index in [4.69, 9.17) is 4.74 Å². The molecule has 0 amide bonds. The van der Waals surface area contributed by atoms with E-state index in [2.05, 4.69) is 15.6 Å². The lowest BCUT2D eigenvalue weighted by molar-refractivity contribution is 0.146. The number of hydrogen-bond acceptors (Lipinski definition) is 4. The van der Waals surface area contributed by atoms with Gasteiger partial charge >= 0.3 is 0 Å². The molecule has 0 saturated heterocycles. The van der Waals surface area contributed by atoms with Crippen LogP contribution in [-0.4, -0.2) is 53.5 Å². The van der Waals surface area contributed by atoms with Crippen LogP contribution >= 0.6 is 24.0 Å². The van der Waals surface area contributed by atoms with Gasteiger partial charge in [-0.1, -0.05) is 12.1 Å². The molecule has 0 aromatic heterocycles. The Hall–Kier alpha value is -0.870. The van der Waals surface area contributed by atoms with Crippen molar-refractivity contribution in [2.45, 2.75) is 31.6 Å². The first-order valence-electron chi connectivity index (χ1n) is 8.36. The number of nitrogens with one attached hydrogen (secondary N) is 2. The van der Waals surface area contributed by atoms with Crippen LogP contribution in [0.1, 0.15) is 25.8 Å². The van der Waals surface area contributed by atoms with Gasteiger partial charge in [0.25, 0.3) is 0 Å². The number of nitrogens with zero attached hydrogens (tertiary/aromatic N) is 1. The lowest BCUT2D eigenvalue weighted by atomic mass is 10.1. The molecular weight excluding hydrogens is 453 g/mol. The molecule has 0 spiro atoms. The highest BCUT2D eigenvalue weighted by Gasteiger charge is 2.06. The third-order valence-electron chi connectivity index (χ3n) is 3.32. The predicted molar refractivity (Wildman–Crippen MR) is 114 cm³/mol. The quantitative estimate of drug-likeness (QED) is 0.231. The second kappa shape index (κ2) is 13.3. The van der Waals surface area contributed by atoms with Gasteiger partial charge in [0.2, 0.25) is 0 Å². The molecule has 1 aromatic rings. The second-order valence-electron chi connectivity index (χ2n) is 5.40. The maximum absolute atomic E-state index is 11.4. The van der Waals surface area contributed by atoms with E-state index in [1.54, 1.807) is 12.1 Å². The van der Waals surface area contributed by atoms with E-state index >= 15 is 0 Å². The maximum Gasteiger partial charge on any atom is 0.191 e. The fraction of sp³-hybridized carbons (Fsp3) is 0.588. The lowest BCUT2D eigenvalue weighted by Crippen LogP contribution is -2.38. The molecule has 0 bridgehead atoms. The van der Waals surface area contributed by atoms with Crippen molar-refractivity contribution in [2.24, 2.45) is 4.99 Å². The molecular formula is C17H30IN3O3S. The van der Waals surface area contributed by atoms with Gasteiger partial charge in [-0.3, -0.25) is 4.99 Å². The van der Waals surface area contributed by atoms with Crippen LogP contribution in [0.2, 0.25) is 0 Å². The molecule has 8 heteroatoms. The Balaban J connectivity index is 0.00000576. The number of sulfone groups is 1. The average molecular weight is 483 g/mol. The van der Waals surface area contributed by atoms with Gasteiger partial charge in [0.1, 0.15) is 0 Å². The van der Waals surface area contributed by atoms with E-state index in [1.807, 2.05) is 26.0 Å². The van der Waals surface area contributed by atoms with Crippen molar-refractivity contribution in [2.75, 3.05) is 39.1 Å². The largest absolute Gasteiger partial charge is 0.382 e. The summed E-state index contributed by atoms with van der Waals surface area (Å²) in [4.78, 5) is 4.85. The van der Waals surface area contributed by atoms with E-state index in [9.17, 15) is 8.42 Å². The van der Waals surface area contributed by atoms with Crippen LogP contribution in [0.15, 0.2) is 34.2 Å². The first-order chi connectivity index (χ1) is 11.5. The van der Waals surface area contributed by atoms with Crippen LogP contribution in [0.4, 0.5) is 0 Å². The molecule has 0 saturated carbocycles. The standard InChI is InChI=1S/C17H29N3O3S.HI/c1-4-18-17(19-12-6-14-23-5-2)20-13-11-15-7-9-16(10-8-15)24(3,21)22;/h7-10H,4-6,11-14H2,1-3H3,(H2,18,19,20);1H. The van der Waals surface area contributed by atoms with Crippen LogP contribution in [0.25, 0.3) is 0 Å². The van der Waals surface area contributed by atoms with Crippen molar-refractivity contribution in [3.63, 3.8) is 0 Å². The molecule has 1 rings (SSSR count). The van der Waals surface area contributed by atoms with Gasteiger partial charge in [0.15, 0.2) is 15.8 Å². The Bertz CT molecular complexity index is 604. The molecule has 1 aromatic carbocycles. The van der Waals surface area contributed by atoms with E-state index in [0.717, 1.165) is 57.2 Å². The normalized spacial score (nSPS) is 11.7. The summed E-state index contributed by atoms with van der Waals surface area (Å²) in [6.07, 6.45) is 2.92. The van der Waals surface area contributed by atoms with Crippen molar-refractivity contribution in [3.8, 4) is 0 Å². The van der Waals surface area contributed by atoms with Crippen LogP contribution in [0.3, 0.4) is 0 Å². The predicted octanol–water partition coefficient (Wildman–Crippen LogP) is 2.23. The van der Waals surface area contributed by atoms with Crippen molar-refractivity contribution < 1.29 is 13.2 Å². The Morgan fingerprint density at radius 1 is 1.16 bits per heavy atom. The Morgan fingerprint density at radius 3 is 2.40 bits per heavy atom. The first-order valence-corrected chi connectivity index (χ1v) is 10.3. The summed E-state index contributed by atoms with van der Waals surface area (Å²) in [7, 11) is -3.13. The van der Waals surface area contributed by atoms with E-state index in [0.29, 0.717) is 4.90 Å². The smallest absolute Gasteiger partial charge is 0.191 e. The molecule has 2 N–H and O–H groups in total. The van der Waals surface area contributed by atoms with Gasteiger partial charge in [-0.05, 0) is 44.4 Å². The Labute approximate surface area is 168 Å². The number of ether oxygens (including phenoxy) is 1. The zero-order chi connectivity index (χ0) is 17.8. The van der Waals surface area contributed by atoms with Gasteiger partial charge in [-0.25, -0.2) is 8.42 Å². The zero-order valence-electron chi connectivity index (χ0n) is 15.2. The van der Waals surface area contributed by atoms with Gasteiger partial charge in [-0.2, -0.15) is 0 Å². The maximum atomic E-state index is 11.4. The summed E-state index contributed by atoms with van der Waals surface area (Å²) in [6, 6.07) is 7.00. The molecule has 144 valence electrons. The van der Waals surface area contributed by atoms with Crippen LogP contribution in [0.5, 0.6) is 0 Å². The van der Waals surface area contributed by atoms with E-state index < -0.39 is 9.84 Å². The number of benzene rings is 1. The van der Waals surface area contributed by atoms with Crippen LogP contribution in [-0.2, 0) is 21.0 Å². The third kappa shape index (κ3) is 10.7. The monoisotopic (exact) mass is 483 g/mol. The van der Waals surface area contributed by atoms with Gasteiger partial charge in [0.05, 0.1) is 4.90 Å². The second-order valence-corrected chi connectivity index (χ2v) is 7.42. The van der Waals surface area contributed by atoms with Gasteiger partial charge in [0, 0.05) is 39.1 Å². The zero-order valence-corrected chi connectivity index (χ0v) is 18.4. The number of hydrogen-bond donors (Lipinski definition) is 2. The summed E-state index contributed by atoms with van der Waals surface area (Å²) in [6.45, 7) is 7.74. The fourth-order valence-corrected chi connectivity index (χ4v) is 2.70. The number of rotatable bonds is 10. The van der Waals surface area contributed by atoms with Gasteiger partial charge < -0.3 is 15.4 Å². The number of halogens is 1. The minimum absolute atomic E-state index is 0. The van der Waals surface area contributed by atoms with Crippen LogP contribution < -0.4 is 10.6 Å². The summed E-state index contributed by atoms with van der Waals surface area (Å²) < 4.78 is 28.2. The van der Waals surface area contributed by atoms with Crippen molar-refractivity contribution in [1.29, 1.82) is 0 Å². The highest BCUT2D eigenvalue weighted by atomic mass is 127. The highest BCUT2D eigenvalue weighted by Crippen LogP contribution is 2.10. The van der Waals surface area contributed by atoms with Crippen molar-refractivity contribution in [1.82, 2.24) is 10.6 Å². The lowest BCUT2D eigenvalue weighted by Gasteiger charge is -2.11. The molecule has 0 unspecified atom stereocenters. The summed E-state index contributed by atoms with van der Waals surface area (Å²) >= 11 is 0. The molecule has 0 atom stereocenters. The van der Waals surface area contributed by atoms with Crippen LogP contribution in [0, 0.1) is 0 Å². The molecule has 0 radical (unpaired) electrons. The molecule has 25 heavy (non-hydrogen) atoms. The average Bonchev–Trinajstić information content (AvgIpc) is 2.54. The topological polar surface area (TPSA) is 79.8 Å². The number of aliphatic imine (C=N–C) groups is 1. The van der Waals surface area contributed by atoms with Crippen molar-refractivity contribution >= 4 is 39.8 Å². The molecule has 0 aliphatic rings. The first kappa shape index (κ1) is 24.1. The van der Waals surface area contributed by atoms with E-state index in [-0.39, 0.29) is 24.0 Å². The third-order valence-corrected chi connectivity index (χ3v) is 4.45. The minimum Gasteiger partial charge on any atom is -0.382 e. The summed E-state index contributed by atoms with van der Waals surface area (Å²) in [5, 5.41) is 6.49. The summed E-state index contributed by atoms with van der Waals surface area (Å²) in [5.74, 6) is 0.793. The highest BCUT2D eigenvalue weighted by molar-refractivity contribution is 14.0. The molecule has 6 nitrogen and oxygen atoms in total.